The number of thioether (sulfide) groups is 1. The first-order valence-corrected chi connectivity index (χ1v) is 9.59. The molecular formula is C19H29NS. The second-order valence-corrected chi connectivity index (χ2v) is 8.42. The van der Waals surface area contributed by atoms with Crippen molar-refractivity contribution in [1.82, 2.24) is 0 Å². The van der Waals surface area contributed by atoms with Crippen LogP contribution < -0.4 is 5.73 Å². The summed E-state index contributed by atoms with van der Waals surface area (Å²) in [6.45, 7) is 5.67. The minimum atomic E-state index is 0.760. The molecule has 116 valence electrons. The fourth-order valence-corrected chi connectivity index (χ4v) is 5.63. The lowest BCUT2D eigenvalue weighted by molar-refractivity contribution is 0.139. The summed E-state index contributed by atoms with van der Waals surface area (Å²) in [4.78, 5) is 1.52. The lowest BCUT2D eigenvalue weighted by Crippen LogP contribution is -2.33. The van der Waals surface area contributed by atoms with E-state index in [1.807, 2.05) is 11.8 Å². The average molecular weight is 304 g/mol. The van der Waals surface area contributed by atoms with Gasteiger partial charge in [0.15, 0.2) is 0 Å². The molecule has 2 heteroatoms. The van der Waals surface area contributed by atoms with E-state index in [2.05, 4.69) is 38.1 Å². The van der Waals surface area contributed by atoms with Crippen LogP contribution in [0.25, 0.3) is 0 Å². The first-order valence-electron chi connectivity index (χ1n) is 8.60. The molecule has 2 N–H and O–H groups in total. The predicted molar refractivity (Wildman–Crippen MR) is 92.7 cm³/mol. The number of rotatable bonds is 4. The molecule has 2 aliphatic rings. The fraction of sp³-hybridized carbons (Fsp3) is 0.684. The van der Waals surface area contributed by atoms with Crippen LogP contribution in [0.5, 0.6) is 0 Å². The summed E-state index contributed by atoms with van der Waals surface area (Å²) >= 11 is 2.05. The maximum Gasteiger partial charge on any atom is 0.0107 e. The van der Waals surface area contributed by atoms with Gasteiger partial charge in [0.05, 0.1) is 0 Å². The van der Waals surface area contributed by atoms with Crippen molar-refractivity contribution in [2.45, 2.75) is 50.3 Å². The van der Waals surface area contributed by atoms with Gasteiger partial charge in [0, 0.05) is 10.6 Å². The average Bonchev–Trinajstić information content (AvgIpc) is 2.90. The highest BCUT2D eigenvalue weighted by molar-refractivity contribution is 7.99. The van der Waals surface area contributed by atoms with Crippen LogP contribution in [0, 0.1) is 23.7 Å². The molecule has 4 unspecified atom stereocenters. The molecule has 0 aromatic heterocycles. The molecule has 1 nitrogen and oxygen atoms in total. The molecule has 0 saturated heterocycles. The van der Waals surface area contributed by atoms with E-state index < -0.39 is 0 Å². The normalized spacial score (nSPS) is 32.4. The maximum atomic E-state index is 6.08. The summed E-state index contributed by atoms with van der Waals surface area (Å²) in [7, 11) is 0. The Morgan fingerprint density at radius 2 is 2.00 bits per heavy atom. The Morgan fingerprint density at radius 1 is 1.19 bits per heavy atom. The molecule has 1 fully saturated rings. The third-order valence-electron chi connectivity index (χ3n) is 5.81. The highest BCUT2D eigenvalue weighted by Gasteiger charge is 2.34. The standard InChI is InChI=1S/C19H29NS/c1-13(2)14-7-8-15(11-20)16(9-14)10-17-12-21-19-6-4-3-5-18(17)19/h3-6,13-17H,7-12,20H2,1-2H3. The van der Waals surface area contributed by atoms with Crippen molar-refractivity contribution in [3.63, 3.8) is 0 Å². The molecule has 0 spiro atoms. The summed E-state index contributed by atoms with van der Waals surface area (Å²) < 4.78 is 0. The summed E-state index contributed by atoms with van der Waals surface area (Å²) in [6, 6.07) is 9.01. The number of nitrogens with two attached hydrogens (primary N) is 1. The molecule has 0 radical (unpaired) electrons. The Balaban J connectivity index is 1.70. The number of benzene rings is 1. The van der Waals surface area contributed by atoms with Gasteiger partial charge in [0.25, 0.3) is 0 Å². The number of hydrogen-bond acceptors (Lipinski definition) is 2. The van der Waals surface area contributed by atoms with Crippen molar-refractivity contribution in [1.29, 1.82) is 0 Å². The molecular weight excluding hydrogens is 274 g/mol. The Labute approximate surface area is 134 Å². The second-order valence-electron chi connectivity index (χ2n) is 7.35. The van der Waals surface area contributed by atoms with Crippen LogP contribution in [0.2, 0.25) is 0 Å². The minimum Gasteiger partial charge on any atom is -0.330 e. The predicted octanol–water partition coefficient (Wildman–Crippen LogP) is 4.91. The van der Waals surface area contributed by atoms with E-state index in [1.165, 1.54) is 36.3 Å². The SMILES string of the molecule is CC(C)C1CCC(CN)C(CC2CSc3ccccc32)C1. The van der Waals surface area contributed by atoms with E-state index in [9.17, 15) is 0 Å². The highest BCUT2D eigenvalue weighted by Crippen LogP contribution is 2.47. The monoisotopic (exact) mass is 303 g/mol. The topological polar surface area (TPSA) is 26.0 Å². The van der Waals surface area contributed by atoms with Crippen LogP contribution in [0.1, 0.15) is 51.0 Å². The van der Waals surface area contributed by atoms with Gasteiger partial charge in [-0.1, -0.05) is 32.0 Å². The van der Waals surface area contributed by atoms with E-state index in [0.717, 1.165) is 36.1 Å². The largest absolute Gasteiger partial charge is 0.330 e. The van der Waals surface area contributed by atoms with Crippen LogP contribution >= 0.6 is 11.8 Å². The third-order valence-corrected chi connectivity index (χ3v) is 7.06. The smallest absolute Gasteiger partial charge is 0.0107 e. The quantitative estimate of drug-likeness (QED) is 0.855. The molecule has 21 heavy (non-hydrogen) atoms. The zero-order valence-electron chi connectivity index (χ0n) is 13.4. The van der Waals surface area contributed by atoms with Crippen molar-refractivity contribution in [2.75, 3.05) is 12.3 Å². The Morgan fingerprint density at radius 3 is 2.76 bits per heavy atom. The van der Waals surface area contributed by atoms with Crippen LogP contribution in [0.3, 0.4) is 0 Å². The fourth-order valence-electron chi connectivity index (χ4n) is 4.36. The third kappa shape index (κ3) is 3.32. The second kappa shape index (κ2) is 6.75. The van der Waals surface area contributed by atoms with Gasteiger partial charge in [0.1, 0.15) is 0 Å². The zero-order valence-corrected chi connectivity index (χ0v) is 14.2. The van der Waals surface area contributed by atoms with Gasteiger partial charge in [-0.2, -0.15) is 0 Å². The maximum absolute atomic E-state index is 6.08. The summed E-state index contributed by atoms with van der Waals surface area (Å²) in [6.07, 6.45) is 5.51. The Bertz CT molecular complexity index is 470. The van der Waals surface area contributed by atoms with Crippen LogP contribution in [0.15, 0.2) is 29.2 Å². The van der Waals surface area contributed by atoms with Crippen molar-refractivity contribution >= 4 is 11.8 Å². The summed E-state index contributed by atoms with van der Waals surface area (Å²) in [5, 5.41) is 0. The zero-order chi connectivity index (χ0) is 14.8. The minimum absolute atomic E-state index is 0.760. The van der Waals surface area contributed by atoms with Gasteiger partial charge in [0.2, 0.25) is 0 Å². The number of fused-ring (bicyclic) bond motifs is 1. The van der Waals surface area contributed by atoms with Gasteiger partial charge in [-0.3, -0.25) is 0 Å². The summed E-state index contributed by atoms with van der Waals surface area (Å²) in [5.74, 6) is 5.39. The molecule has 1 saturated carbocycles. The lowest BCUT2D eigenvalue weighted by Gasteiger charge is -2.38. The van der Waals surface area contributed by atoms with E-state index in [1.54, 1.807) is 5.56 Å². The molecule has 1 heterocycles. The first-order chi connectivity index (χ1) is 10.2. The van der Waals surface area contributed by atoms with E-state index in [0.29, 0.717) is 0 Å². The van der Waals surface area contributed by atoms with Crippen LogP contribution in [0.4, 0.5) is 0 Å². The van der Waals surface area contributed by atoms with Gasteiger partial charge in [-0.15, -0.1) is 11.8 Å². The van der Waals surface area contributed by atoms with Crippen molar-refractivity contribution in [3.8, 4) is 0 Å². The molecule has 0 bridgehead atoms. The summed E-state index contributed by atoms with van der Waals surface area (Å²) in [5.41, 5.74) is 7.68. The van der Waals surface area contributed by atoms with Crippen LogP contribution in [-0.2, 0) is 0 Å². The molecule has 1 aromatic rings. The highest BCUT2D eigenvalue weighted by atomic mass is 32.2. The Kier molecular flexibility index (Phi) is 4.96. The van der Waals surface area contributed by atoms with Crippen molar-refractivity contribution in [3.05, 3.63) is 29.8 Å². The van der Waals surface area contributed by atoms with E-state index >= 15 is 0 Å². The van der Waals surface area contributed by atoms with Gasteiger partial charge >= 0.3 is 0 Å². The number of hydrogen-bond donors (Lipinski definition) is 1. The van der Waals surface area contributed by atoms with E-state index in [4.69, 9.17) is 5.73 Å². The molecule has 3 rings (SSSR count). The molecule has 1 aliphatic heterocycles. The van der Waals surface area contributed by atoms with Crippen molar-refractivity contribution < 1.29 is 0 Å². The molecule has 1 aromatic carbocycles. The molecule has 4 atom stereocenters. The van der Waals surface area contributed by atoms with Gasteiger partial charge in [-0.25, -0.2) is 0 Å². The van der Waals surface area contributed by atoms with Crippen LogP contribution in [-0.4, -0.2) is 12.3 Å². The van der Waals surface area contributed by atoms with E-state index in [-0.39, 0.29) is 0 Å². The lowest BCUT2D eigenvalue weighted by atomic mass is 9.68. The first kappa shape index (κ1) is 15.4. The molecule has 1 aliphatic carbocycles. The van der Waals surface area contributed by atoms with Gasteiger partial charge in [-0.05, 0) is 73.4 Å². The van der Waals surface area contributed by atoms with Crippen molar-refractivity contribution in [2.24, 2.45) is 29.4 Å². The molecule has 0 amide bonds. The van der Waals surface area contributed by atoms with Gasteiger partial charge < -0.3 is 5.73 Å². The Hall–Kier alpha value is -0.470.